The molecule has 0 aliphatic carbocycles. The van der Waals surface area contributed by atoms with Crippen molar-refractivity contribution in [2.24, 2.45) is 0 Å². The van der Waals surface area contributed by atoms with E-state index in [4.69, 9.17) is 0 Å². The van der Waals surface area contributed by atoms with E-state index in [0.717, 1.165) is 0 Å². The van der Waals surface area contributed by atoms with E-state index < -0.39 is 43.9 Å². The van der Waals surface area contributed by atoms with Crippen molar-refractivity contribution in [2.75, 3.05) is 6.61 Å². The maximum Gasteiger partial charge on any atom is 0.166 e. The molecule has 1 fully saturated rings. The smallest absolute Gasteiger partial charge is 0.166 e. The van der Waals surface area contributed by atoms with Crippen LogP contribution in [-0.2, 0) is 15.4 Å². The summed E-state index contributed by atoms with van der Waals surface area (Å²) in [4.78, 5) is 0. The first-order valence-electron chi connectivity index (χ1n) is 7.75. The third-order valence-electron chi connectivity index (χ3n) is 4.90. The second-order valence-electron chi connectivity index (χ2n) is 6.84. The molecular weight excluding hydrogens is 333 g/mol. The minimum absolute atomic E-state index is 0.0402. The lowest BCUT2D eigenvalue weighted by Crippen LogP contribution is -2.67. The Hall–Kier alpha value is -1.44. The molecule has 0 aromatic heterocycles. The van der Waals surface area contributed by atoms with Crippen molar-refractivity contribution in [1.82, 2.24) is 5.32 Å². The Balaban J connectivity index is 2.77. The van der Waals surface area contributed by atoms with E-state index in [9.17, 15) is 23.0 Å². The Kier molecular flexibility index (Phi) is 4.82. The van der Waals surface area contributed by atoms with Crippen molar-refractivity contribution in [3.63, 3.8) is 0 Å². The fourth-order valence-electron chi connectivity index (χ4n) is 3.22. The average molecular weight is 357 g/mol. The standard InChI is InChI=1S/C17H24FNO4S/c1-11(21)9-15-17(10-20,13-7-5-6-8-14(13)18)19-12(2)16(3,4)24(15,22)23/h5-8,11,15,19-21H,2,9-10H2,1,3-4H3/t11-,15?,17?/m1/s1. The van der Waals surface area contributed by atoms with E-state index >= 15 is 0 Å². The predicted octanol–water partition coefficient (Wildman–Crippen LogP) is 1.46. The van der Waals surface area contributed by atoms with Gasteiger partial charge in [-0.05, 0) is 33.3 Å². The summed E-state index contributed by atoms with van der Waals surface area (Å²) >= 11 is 0. The SMILES string of the molecule is C=C1NC(CO)(c2ccccc2F)C(C[C@@H](C)O)S(=O)(=O)C1(C)C. The summed E-state index contributed by atoms with van der Waals surface area (Å²) in [5.74, 6) is -0.627. The number of aliphatic hydroxyl groups is 2. The lowest BCUT2D eigenvalue weighted by atomic mass is 9.82. The van der Waals surface area contributed by atoms with Crippen LogP contribution in [0, 0.1) is 5.82 Å². The zero-order valence-corrected chi connectivity index (χ0v) is 14.9. The fourth-order valence-corrected chi connectivity index (χ4v) is 5.65. The molecule has 1 heterocycles. The zero-order valence-electron chi connectivity index (χ0n) is 14.1. The van der Waals surface area contributed by atoms with Crippen LogP contribution in [-0.4, -0.2) is 41.3 Å². The molecule has 1 aromatic carbocycles. The minimum Gasteiger partial charge on any atom is -0.394 e. The van der Waals surface area contributed by atoms with Gasteiger partial charge in [0.2, 0.25) is 0 Å². The van der Waals surface area contributed by atoms with Crippen molar-refractivity contribution >= 4 is 9.84 Å². The average Bonchev–Trinajstić information content (AvgIpc) is 2.49. The molecule has 0 amide bonds. The van der Waals surface area contributed by atoms with Crippen molar-refractivity contribution < 1.29 is 23.0 Å². The molecular formula is C17H24FNO4S. The van der Waals surface area contributed by atoms with Crippen LogP contribution in [0.1, 0.15) is 32.8 Å². The minimum atomic E-state index is -3.88. The van der Waals surface area contributed by atoms with Gasteiger partial charge in [-0.25, -0.2) is 12.8 Å². The van der Waals surface area contributed by atoms with Crippen LogP contribution >= 0.6 is 0 Å². The van der Waals surface area contributed by atoms with Gasteiger partial charge in [0.15, 0.2) is 9.84 Å². The molecule has 2 unspecified atom stereocenters. The van der Waals surface area contributed by atoms with Crippen molar-refractivity contribution in [1.29, 1.82) is 0 Å². The second kappa shape index (κ2) is 6.13. The second-order valence-corrected chi connectivity index (χ2v) is 9.52. The zero-order chi connectivity index (χ0) is 18.3. The molecule has 1 saturated heterocycles. The first-order valence-corrected chi connectivity index (χ1v) is 9.30. The molecule has 3 atom stereocenters. The highest BCUT2D eigenvalue weighted by Gasteiger charge is 2.59. The van der Waals surface area contributed by atoms with Crippen LogP contribution in [0.5, 0.6) is 0 Å². The topological polar surface area (TPSA) is 86.6 Å². The van der Waals surface area contributed by atoms with Crippen molar-refractivity contribution in [3.05, 3.63) is 47.9 Å². The monoisotopic (exact) mass is 357 g/mol. The maximum atomic E-state index is 14.5. The molecule has 134 valence electrons. The van der Waals surface area contributed by atoms with Crippen LogP contribution in [0.25, 0.3) is 0 Å². The van der Waals surface area contributed by atoms with Crippen molar-refractivity contribution in [2.45, 2.75) is 48.8 Å². The van der Waals surface area contributed by atoms with Gasteiger partial charge in [-0.1, -0.05) is 24.8 Å². The van der Waals surface area contributed by atoms with Crippen LogP contribution in [0.4, 0.5) is 4.39 Å². The lowest BCUT2D eigenvalue weighted by molar-refractivity contribution is 0.117. The number of halogens is 1. The molecule has 0 bridgehead atoms. The first kappa shape index (κ1) is 18.9. The number of hydrogen-bond donors (Lipinski definition) is 3. The Labute approximate surface area is 142 Å². The number of benzene rings is 1. The van der Waals surface area contributed by atoms with Crippen LogP contribution in [0.3, 0.4) is 0 Å². The molecule has 7 heteroatoms. The maximum absolute atomic E-state index is 14.5. The Morgan fingerprint density at radius 2 is 1.96 bits per heavy atom. The lowest BCUT2D eigenvalue weighted by Gasteiger charge is -2.51. The van der Waals surface area contributed by atoms with Gasteiger partial charge in [0.25, 0.3) is 0 Å². The van der Waals surface area contributed by atoms with Crippen LogP contribution in [0.15, 0.2) is 36.5 Å². The quantitative estimate of drug-likeness (QED) is 0.760. The predicted molar refractivity (Wildman–Crippen MR) is 90.5 cm³/mol. The molecule has 1 aromatic rings. The van der Waals surface area contributed by atoms with Gasteiger partial charge in [-0.3, -0.25) is 0 Å². The number of nitrogens with one attached hydrogen (secondary N) is 1. The Morgan fingerprint density at radius 1 is 1.38 bits per heavy atom. The van der Waals surface area contributed by atoms with Gasteiger partial charge in [-0.15, -0.1) is 0 Å². The number of hydrogen-bond acceptors (Lipinski definition) is 5. The van der Waals surface area contributed by atoms with Gasteiger partial charge in [0.1, 0.15) is 16.1 Å². The van der Waals surface area contributed by atoms with Gasteiger partial charge >= 0.3 is 0 Å². The highest BCUT2D eigenvalue weighted by Crippen LogP contribution is 2.45. The van der Waals surface area contributed by atoms with E-state index in [1.165, 1.54) is 39.0 Å². The van der Waals surface area contributed by atoms with Crippen molar-refractivity contribution in [3.8, 4) is 0 Å². The summed E-state index contributed by atoms with van der Waals surface area (Å²) in [5.41, 5.74) is -1.38. The number of aliphatic hydroxyl groups excluding tert-OH is 2. The van der Waals surface area contributed by atoms with Gasteiger partial charge in [0, 0.05) is 11.3 Å². The van der Waals surface area contributed by atoms with Gasteiger partial charge in [0.05, 0.1) is 18.0 Å². The molecule has 0 saturated carbocycles. The summed E-state index contributed by atoms with van der Waals surface area (Å²) < 4.78 is 39.5. The summed E-state index contributed by atoms with van der Waals surface area (Å²) in [6.07, 6.45) is -1.08. The number of rotatable bonds is 4. The van der Waals surface area contributed by atoms with Crippen LogP contribution in [0.2, 0.25) is 0 Å². The largest absolute Gasteiger partial charge is 0.394 e. The molecule has 0 radical (unpaired) electrons. The normalized spacial score (nSPS) is 29.8. The summed E-state index contributed by atoms with van der Waals surface area (Å²) in [7, 11) is -3.88. The highest BCUT2D eigenvalue weighted by atomic mass is 32.2. The molecule has 3 N–H and O–H groups in total. The third-order valence-corrected chi connectivity index (χ3v) is 7.91. The summed E-state index contributed by atoms with van der Waals surface area (Å²) in [6, 6.07) is 5.72. The molecule has 1 aliphatic heterocycles. The van der Waals surface area contributed by atoms with E-state index in [2.05, 4.69) is 11.9 Å². The van der Waals surface area contributed by atoms with E-state index in [1.54, 1.807) is 6.07 Å². The highest BCUT2D eigenvalue weighted by molar-refractivity contribution is 7.93. The molecule has 0 spiro atoms. The first-order chi connectivity index (χ1) is 11.0. The van der Waals surface area contributed by atoms with Gasteiger partial charge < -0.3 is 15.5 Å². The fraction of sp³-hybridized carbons (Fsp3) is 0.529. The molecule has 5 nitrogen and oxygen atoms in total. The molecule has 1 aliphatic rings. The van der Waals surface area contributed by atoms with E-state index in [-0.39, 0.29) is 17.7 Å². The Bertz CT molecular complexity index is 745. The summed E-state index contributed by atoms with van der Waals surface area (Å²) in [5, 5.41) is 21.7. The van der Waals surface area contributed by atoms with Gasteiger partial charge in [-0.2, -0.15) is 0 Å². The van der Waals surface area contributed by atoms with E-state index in [1.807, 2.05) is 0 Å². The molecule has 2 rings (SSSR count). The molecule has 24 heavy (non-hydrogen) atoms. The Morgan fingerprint density at radius 3 is 2.46 bits per heavy atom. The number of sulfone groups is 1. The summed E-state index contributed by atoms with van der Waals surface area (Å²) in [6.45, 7) is 7.62. The van der Waals surface area contributed by atoms with Crippen LogP contribution < -0.4 is 5.32 Å². The third kappa shape index (κ3) is 2.64. The van der Waals surface area contributed by atoms with E-state index in [0.29, 0.717) is 0 Å².